The molecular weight excluding hydrogens is 215 g/mol. The third-order valence-corrected chi connectivity index (χ3v) is 2.32. The molecule has 0 aliphatic carbocycles. The van der Waals surface area contributed by atoms with Gasteiger partial charge in [0.1, 0.15) is 0 Å². The third-order valence-electron chi connectivity index (χ3n) is 2.32. The summed E-state index contributed by atoms with van der Waals surface area (Å²) in [5.41, 5.74) is -0.0861. The number of benzene rings is 1. The molecule has 1 N–H and O–H groups in total. The standard InChI is InChI=1S/C12H16F3N/c1-3-5-9(2)16-11-7-4-6-10(8-11)12(13,14)15/h4,6-9,16H,3,5H2,1-2H3. The lowest BCUT2D eigenvalue weighted by Gasteiger charge is -2.15. The minimum Gasteiger partial charge on any atom is -0.383 e. The van der Waals surface area contributed by atoms with Gasteiger partial charge in [-0.1, -0.05) is 19.4 Å². The van der Waals surface area contributed by atoms with E-state index in [4.69, 9.17) is 0 Å². The van der Waals surface area contributed by atoms with E-state index in [0.717, 1.165) is 25.0 Å². The molecule has 0 aliphatic rings. The molecule has 1 aromatic carbocycles. The molecule has 0 bridgehead atoms. The van der Waals surface area contributed by atoms with E-state index in [-0.39, 0.29) is 6.04 Å². The van der Waals surface area contributed by atoms with E-state index in [2.05, 4.69) is 5.32 Å². The molecule has 0 radical (unpaired) electrons. The van der Waals surface area contributed by atoms with Gasteiger partial charge >= 0.3 is 6.18 Å². The predicted octanol–water partition coefficient (Wildman–Crippen LogP) is 4.31. The van der Waals surface area contributed by atoms with Crippen molar-refractivity contribution in [3.63, 3.8) is 0 Å². The average molecular weight is 231 g/mol. The van der Waals surface area contributed by atoms with Crippen LogP contribution < -0.4 is 5.32 Å². The highest BCUT2D eigenvalue weighted by atomic mass is 19.4. The Kier molecular flexibility index (Phi) is 4.21. The molecule has 1 aromatic rings. The first kappa shape index (κ1) is 12.9. The Balaban J connectivity index is 2.75. The number of hydrogen-bond acceptors (Lipinski definition) is 1. The molecule has 0 aromatic heterocycles. The van der Waals surface area contributed by atoms with Crippen LogP contribution >= 0.6 is 0 Å². The molecule has 0 saturated heterocycles. The molecule has 4 heteroatoms. The topological polar surface area (TPSA) is 12.0 Å². The molecule has 1 nitrogen and oxygen atoms in total. The zero-order chi connectivity index (χ0) is 12.2. The van der Waals surface area contributed by atoms with E-state index in [9.17, 15) is 13.2 Å². The Hall–Kier alpha value is -1.19. The summed E-state index contributed by atoms with van der Waals surface area (Å²) in [6, 6.07) is 5.49. The number of alkyl halides is 3. The van der Waals surface area contributed by atoms with Crippen molar-refractivity contribution in [1.82, 2.24) is 0 Å². The molecule has 16 heavy (non-hydrogen) atoms. The molecule has 1 unspecified atom stereocenters. The van der Waals surface area contributed by atoms with Crippen LogP contribution in [0.2, 0.25) is 0 Å². The van der Waals surface area contributed by atoms with Crippen molar-refractivity contribution in [2.75, 3.05) is 5.32 Å². The number of nitrogens with one attached hydrogen (secondary N) is 1. The first-order chi connectivity index (χ1) is 7.43. The molecule has 0 amide bonds. The van der Waals surface area contributed by atoms with E-state index >= 15 is 0 Å². The van der Waals surface area contributed by atoms with Gasteiger partial charge in [-0.15, -0.1) is 0 Å². The molecule has 0 saturated carbocycles. The summed E-state index contributed by atoms with van der Waals surface area (Å²) in [6.07, 6.45) is -2.32. The second-order valence-electron chi connectivity index (χ2n) is 3.91. The van der Waals surface area contributed by atoms with Crippen molar-refractivity contribution in [3.8, 4) is 0 Å². The van der Waals surface area contributed by atoms with Crippen LogP contribution in [0.25, 0.3) is 0 Å². The summed E-state index contributed by atoms with van der Waals surface area (Å²) in [5.74, 6) is 0. The summed E-state index contributed by atoms with van der Waals surface area (Å²) in [5, 5.41) is 3.06. The maximum Gasteiger partial charge on any atom is 0.416 e. The zero-order valence-electron chi connectivity index (χ0n) is 9.43. The van der Waals surface area contributed by atoms with Crippen LogP contribution in [0.4, 0.5) is 18.9 Å². The Morgan fingerprint density at radius 2 is 2.00 bits per heavy atom. The summed E-state index contributed by atoms with van der Waals surface area (Å²) in [4.78, 5) is 0. The van der Waals surface area contributed by atoms with Gasteiger partial charge in [-0.05, 0) is 31.5 Å². The first-order valence-corrected chi connectivity index (χ1v) is 5.37. The first-order valence-electron chi connectivity index (χ1n) is 5.37. The molecule has 0 spiro atoms. The van der Waals surface area contributed by atoms with Crippen molar-refractivity contribution in [1.29, 1.82) is 0 Å². The fourth-order valence-electron chi connectivity index (χ4n) is 1.58. The van der Waals surface area contributed by atoms with Crippen LogP contribution in [-0.4, -0.2) is 6.04 Å². The Morgan fingerprint density at radius 1 is 1.31 bits per heavy atom. The second kappa shape index (κ2) is 5.23. The second-order valence-corrected chi connectivity index (χ2v) is 3.91. The van der Waals surface area contributed by atoms with Crippen molar-refractivity contribution in [3.05, 3.63) is 29.8 Å². The molecular formula is C12H16F3N. The SMILES string of the molecule is CCCC(C)Nc1cccc(C(F)(F)F)c1. The van der Waals surface area contributed by atoms with Gasteiger partial charge in [0.05, 0.1) is 5.56 Å². The lowest BCUT2D eigenvalue weighted by molar-refractivity contribution is -0.137. The van der Waals surface area contributed by atoms with Gasteiger partial charge in [-0.25, -0.2) is 0 Å². The fraction of sp³-hybridized carbons (Fsp3) is 0.500. The molecule has 1 rings (SSSR count). The Bertz CT molecular complexity index is 333. The van der Waals surface area contributed by atoms with Gasteiger partial charge in [0, 0.05) is 11.7 Å². The average Bonchev–Trinajstić information content (AvgIpc) is 2.17. The van der Waals surface area contributed by atoms with Crippen molar-refractivity contribution in [2.24, 2.45) is 0 Å². The predicted molar refractivity (Wildman–Crippen MR) is 59.4 cm³/mol. The number of rotatable bonds is 4. The van der Waals surface area contributed by atoms with Crippen LogP contribution in [-0.2, 0) is 6.18 Å². The van der Waals surface area contributed by atoms with Crippen molar-refractivity contribution in [2.45, 2.75) is 38.9 Å². The van der Waals surface area contributed by atoms with Crippen LogP contribution in [0.3, 0.4) is 0 Å². The quantitative estimate of drug-likeness (QED) is 0.814. The summed E-state index contributed by atoms with van der Waals surface area (Å²) >= 11 is 0. The van der Waals surface area contributed by atoms with Crippen LogP contribution in [0.15, 0.2) is 24.3 Å². The van der Waals surface area contributed by atoms with Crippen LogP contribution in [0.5, 0.6) is 0 Å². The van der Waals surface area contributed by atoms with Crippen LogP contribution in [0.1, 0.15) is 32.3 Å². The van der Waals surface area contributed by atoms with Crippen molar-refractivity contribution >= 4 is 5.69 Å². The monoisotopic (exact) mass is 231 g/mol. The Labute approximate surface area is 93.7 Å². The maximum absolute atomic E-state index is 12.4. The summed E-state index contributed by atoms with van der Waals surface area (Å²) in [7, 11) is 0. The molecule has 90 valence electrons. The molecule has 0 aliphatic heterocycles. The summed E-state index contributed by atoms with van der Waals surface area (Å²) in [6.45, 7) is 4.01. The van der Waals surface area contributed by atoms with E-state index in [0.29, 0.717) is 5.69 Å². The molecule has 0 heterocycles. The lowest BCUT2D eigenvalue weighted by atomic mass is 10.1. The highest BCUT2D eigenvalue weighted by molar-refractivity contribution is 5.47. The Morgan fingerprint density at radius 3 is 2.56 bits per heavy atom. The lowest BCUT2D eigenvalue weighted by Crippen LogP contribution is -2.15. The maximum atomic E-state index is 12.4. The van der Waals surface area contributed by atoms with E-state index < -0.39 is 11.7 Å². The highest BCUT2D eigenvalue weighted by Crippen LogP contribution is 2.30. The number of halogens is 3. The normalized spacial score (nSPS) is 13.6. The minimum atomic E-state index is -4.27. The van der Waals surface area contributed by atoms with Gasteiger partial charge in [-0.2, -0.15) is 13.2 Å². The van der Waals surface area contributed by atoms with Gasteiger partial charge < -0.3 is 5.32 Å². The molecule has 0 fully saturated rings. The smallest absolute Gasteiger partial charge is 0.383 e. The van der Waals surface area contributed by atoms with E-state index in [1.165, 1.54) is 6.07 Å². The number of anilines is 1. The highest BCUT2D eigenvalue weighted by Gasteiger charge is 2.30. The zero-order valence-corrected chi connectivity index (χ0v) is 9.43. The van der Waals surface area contributed by atoms with Gasteiger partial charge in [0.25, 0.3) is 0 Å². The fourth-order valence-corrected chi connectivity index (χ4v) is 1.58. The van der Waals surface area contributed by atoms with Gasteiger partial charge in [0.2, 0.25) is 0 Å². The van der Waals surface area contributed by atoms with Gasteiger partial charge in [0.15, 0.2) is 0 Å². The third kappa shape index (κ3) is 3.76. The molecule has 1 atom stereocenters. The van der Waals surface area contributed by atoms with E-state index in [1.54, 1.807) is 6.07 Å². The largest absolute Gasteiger partial charge is 0.416 e. The minimum absolute atomic E-state index is 0.188. The summed E-state index contributed by atoms with van der Waals surface area (Å²) < 4.78 is 37.3. The van der Waals surface area contributed by atoms with Gasteiger partial charge in [-0.3, -0.25) is 0 Å². The van der Waals surface area contributed by atoms with Crippen LogP contribution in [0, 0.1) is 0 Å². The van der Waals surface area contributed by atoms with E-state index in [1.807, 2.05) is 13.8 Å². The van der Waals surface area contributed by atoms with Crippen molar-refractivity contribution < 1.29 is 13.2 Å². The number of hydrogen-bond donors (Lipinski definition) is 1.